The van der Waals surface area contributed by atoms with Gasteiger partial charge in [-0.25, -0.2) is 4.68 Å². The Hall–Kier alpha value is -1.68. The zero-order chi connectivity index (χ0) is 16.1. The van der Waals surface area contributed by atoms with Gasteiger partial charge >= 0.3 is 0 Å². The average Bonchev–Trinajstić information content (AvgIpc) is 3.08. The lowest BCUT2D eigenvalue weighted by Crippen LogP contribution is -2.31. The summed E-state index contributed by atoms with van der Waals surface area (Å²) in [7, 11) is 1.66. The molecule has 2 aliphatic heterocycles. The van der Waals surface area contributed by atoms with Gasteiger partial charge in [0.15, 0.2) is 12.0 Å². The van der Waals surface area contributed by atoms with Crippen molar-refractivity contribution >= 4 is 11.7 Å². The maximum Gasteiger partial charge on any atom is 0.254 e. The molecule has 4 N–H and O–H groups in total. The van der Waals surface area contributed by atoms with Gasteiger partial charge in [0.05, 0.1) is 12.8 Å². The number of ether oxygens (including phenoxy) is 3. The maximum atomic E-state index is 11.5. The third kappa shape index (κ3) is 2.26. The van der Waals surface area contributed by atoms with Crippen LogP contribution in [0.25, 0.3) is 0 Å². The summed E-state index contributed by atoms with van der Waals surface area (Å²) in [6, 6.07) is 0. The monoisotopic (exact) mass is 312 g/mol. The van der Waals surface area contributed by atoms with Crippen LogP contribution in [-0.2, 0) is 14.2 Å². The Balaban J connectivity index is 1.97. The van der Waals surface area contributed by atoms with Crippen LogP contribution in [0.2, 0.25) is 0 Å². The molecule has 0 saturated carbocycles. The smallest absolute Gasteiger partial charge is 0.254 e. The zero-order valence-electron chi connectivity index (χ0n) is 12.6. The molecule has 9 heteroatoms. The van der Waals surface area contributed by atoms with Crippen LogP contribution < -0.4 is 11.1 Å². The van der Waals surface area contributed by atoms with Gasteiger partial charge in [-0.2, -0.15) is 5.10 Å². The number of amides is 1. The van der Waals surface area contributed by atoms with Crippen LogP contribution in [-0.4, -0.2) is 58.5 Å². The molecule has 1 amide bonds. The number of nitrogens with two attached hydrogens (primary N) is 1. The van der Waals surface area contributed by atoms with Crippen LogP contribution in [0.1, 0.15) is 30.4 Å². The summed E-state index contributed by atoms with van der Waals surface area (Å²) in [6.07, 6.45) is -0.627. The van der Waals surface area contributed by atoms with Gasteiger partial charge in [0, 0.05) is 7.05 Å². The third-order valence-corrected chi connectivity index (χ3v) is 3.84. The van der Waals surface area contributed by atoms with Crippen LogP contribution in [0.4, 0.5) is 5.82 Å². The van der Waals surface area contributed by atoms with E-state index in [1.165, 1.54) is 10.9 Å². The van der Waals surface area contributed by atoms with Gasteiger partial charge in [0.25, 0.3) is 5.91 Å². The summed E-state index contributed by atoms with van der Waals surface area (Å²) in [5.41, 5.74) is 5.59. The minimum absolute atomic E-state index is 0.198. The van der Waals surface area contributed by atoms with E-state index in [9.17, 15) is 9.90 Å². The van der Waals surface area contributed by atoms with Crippen LogP contribution in [0.5, 0.6) is 0 Å². The molecular formula is C13H20N4O5. The number of nitrogens with one attached hydrogen (secondary N) is 1. The number of fused-ring (bicyclic) bond motifs is 1. The van der Waals surface area contributed by atoms with E-state index < -0.39 is 36.2 Å². The van der Waals surface area contributed by atoms with Crippen LogP contribution in [0, 0.1) is 0 Å². The van der Waals surface area contributed by atoms with Crippen molar-refractivity contribution in [1.29, 1.82) is 0 Å². The van der Waals surface area contributed by atoms with E-state index in [4.69, 9.17) is 19.9 Å². The van der Waals surface area contributed by atoms with Gasteiger partial charge in [0.2, 0.25) is 0 Å². The number of hydrogen-bond donors (Lipinski definition) is 3. The fourth-order valence-corrected chi connectivity index (χ4v) is 2.99. The molecule has 122 valence electrons. The van der Waals surface area contributed by atoms with Crippen molar-refractivity contribution in [2.24, 2.45) is 5.73 Å². The van der Waals surface area contributed by atoms with Crippen LogP contribution in [0.15, 0.2) is 6.20 Å². The van der Waals surface area contributed by atoms with E-state index in [0.29, 0.717) is 5.82 Å². The van der Waals surface area contributed by atoms with Crippen molar-refractivity contribution in [2.45, 2.75) is 44.2 Å². The molecule has 22 heavy (non-hydrogen) atoms. The molecule has 9 nitrogen and oxygen atoms in total. The van der Waals surface area contributed by atoms with Gasteiger partial charge in [-0.3, -0.25) is 4.79 Å². The predicted molar refractivity (Wildman–Crippen MR) is 75.1 cm³/mol. The van der Waals surface area contributed by atoms with E-state index in [2.05, 4.69) is 10.4 Å². The molecule has 0 spiro atoms. The minimum Gasteiger partial charge on any atom is -0.394 e. The first-order valence-electron chi connectivity index (χ1n) is 7.05. The topological polar surface area (TPSA) is 121 Å². The highest BCUT2D eigenvalue weighted by Crippen LogP contribution is 2.43. The molecule has 3 heterocycles. The molecule has 2 fully saturated rings. The van der Waals surface area contributed by atoms with E-state index in [0.717, 1.165) is 0 Å². The lowest BCUT2D eigenvalue weighted by atomic mass is 10.1. The molecule has 0 radical (unpaired) electrons. The fourth-order valence-electron chi connectivity index (χ4n) is 2.99. The fraction of sp³-hybridized carbons (Fsp3) is 0.692. The van der Waals surface area contributed by atoms with Crippen molar-refractivity contribution in [1.82, 2.24) is 9.78 Å². The van der Waals surface area contributed by atoms with E-state index in [1.807, 2.05) is 0 Å². The molecule has 1 aromatic rings. The Morgan fingerprint density at radius 3 is 2.77 bits per heavy atom. The Kier molecular flexibility index (Phi) is 3.60. The molecule has 3 rings (SSSR count). The van der Waals surface area contributed by atoms with Gasteiger partial charge in [-0.1, -0.05) is 0 Å². The van der Waals surface area contributed by atoms with Gasteiger partial charge in [-0.05, 0) is 13.8 Å². The number of anilines is 1. The lowest BCUT2D eigenvalue weighted by Gasteiger charge is -2.24. The van der Waals surface area contributed by atoms with Crippen molar-refractivity contribution in [3.63, 3.8) is 0 Å². The quantitative estimate of drug-likeness (QED) is 0.681. The van der Waals surface area contributed by atoms with Crippen molar-refractivity contribution in [2.75, 3.05) is 19.0 Å². The summed E-state index contributed by atoms with van der Waals surface area (Å²) < 4.78 is 19.0. The first-order valence-corrected chi connectivity index (χ1v) is 7.05. The number of aromatic nitrogens is 2. The third-order valence-electron chi connectivity index (χ3n) is 3.84. The number of aliphatic hydroxyl groups is 1. The molecule has 4 atom stereocenters. The normalized spacial score (nSPS) is 32.9. The molecule has 2 saturated heterocycles. The van der Waals surface area contributed by atoms with Gasteiger partial charge in [0.1, 0.15) is 29.7 Å². The summed E-state index contributed by atoms with van der Waals surface area (Å²) in [4.78, 5) is 11.5. The Morgan fingerprint density at radius 1 is 1.50 bits per heavy atom. The highest BCUT2D eigenvalue weighted by Gasteiger charge is 2.56. The number of aliphatic hydroxyl groups excluding tert-OH is 1. The number of hydrogen-bond acceptors (Lipinski definition) is 7. The Morgan fingerprint density at radius 2 is 2.18 bits per heavy atom. The minimum atomic E-state index is -0.774. The molecule has 4 unspecified atom stereocenters. The number of rotatable bonds is 4. The lowest BCUT2D eigenvalue weighted by molar-refractivity contribution is -0.201. The molecule has 2 aliphatic rings. The number of carbonyl (C=O) groups is 1. The van der Waals surface area contributed by atoms with Crippen molar-refractivity contribution in [3.05, 3.63) is 11.8 Å². The SMILES string of the molecule is CNc1c(C(N)=O)cnn1C1OC(CO)C2OC(C)(C)OC21. The average molecular weight is 312 g/mol. The number of carbonyl (C=O) groups excluding carboxylic acids is 1. The first-order chi connectivity index (χ1) is 10.4. The number of primary amides is 1. The second kappa shape index (κ2) is 5.20. The van der Waals surface area contributed by atoms with Gasteiger partial charge < -0.3 is 30.4 Å². The summed E-state index contributed by atoms with van der Waals surface area (Å²) in [6.45, 7) is 3.40. The number of nitrogens with zero attached hydrogens (tertiary/aromatic N) is 2. The van der Waals surface area contributed by atoms with E-state index in [-0.39, 0.29) is 12.2 Å². The highest BCUT2D eigenvalue weighted by atomic mass is 16.8. The zero-order valence-corrected chi connectivity index (χ0v) is 12.6. The standard InChI is InChI=1S/C13H20N4O5/c1-13(2)21-8-7(5-18)20-12(9(8)22-13)17-11(15-3)6(4-16-17)10(14)19/h4,7-9,12,15,18H,5H2,1-3H3,(H2,14,19). The molecule has 0 bridgehead atoms. The van der Waals surface area contributed by atoms with Crippen LogP contribution in [0.3, 0.4) is 0 Å². The van der Waals surface area contributed by atoms with Gasteiger partial charge in [-0.15, -0.1) is 0 Å². The summed E-state index contributed by atoms with van der Waals surface area (Å²) in [5.74, 6) is -0.930. The largest absolute Gasteiger partial charge is 0.394 e. The maximum absolute atomic E-state index is 11.5. The van der Waals surface area contributed by atoms with Crippen molar-refractivity contribution in [3.8, 4) is 0 Å². The predicted octanol–water partition coefficient (Wildman–Crippen LogP) is -0.566. The summed E-state index contributed by atoms with van der Waals surface area (Å²) >= 11 is 0. The van der Waals surface area contributed by atoms with E-state index >= 15 is 0 Å². The highest BCUT2D eigenvalue weighted by molar-refractivity contribution is 5.97. The van der Waals surface area contributed by atoms with E-state index in [1.54, 1.807) is 20.9 Å². The molecule has 0 aromatic carbocycles. The van der Waals surface area contributed by atoms with Crippen LogP contribution >= 0.6 is 0 Å². The first kappa shape index (κ1) is 15.2. The Bertz CT molecular complexity index is 587. The Labute approximate surface area is 127 Å². The second-order valence-electron chi connectivity index (χ2n) is 5.78. The molecule has 1 aromatic heterocycles. The second-order valence-corrected chi connectivity index (χ2v) is 5.78. The van der Waals surface area contributed by atoms with Crippen molar-refractivity contribution < 1.29 is 24.1 Å². The molecular weight excluding hydrogens is 292 g/mol. The molecule has 0 aliphatic carbocycles. The summed E-state index contributed by atoms with van der Waals surface area (Å²) in [5, 5.41) is 16.6.